The van der Waals surface area contributed by atoms with Crippen LogP contribution in [0, 0.1) is 0 Å². The van der Waals surface area contributed by atoms with E-state index in [1.54, 1.807) is 14.2 Å². The van der Waals surface area contributed by atoms with Crippen LogP contribution in [0.2, 0.25) is 0 Å². The lowest BCUT2D eigenvalue weighted by Crippen LogP contribution is -2.21. The van der Waals surface area contributed by atoms with Gasteiger partial charge in [-0.2, -0.15) is 0 Å². The number of methoxy groups -OCH3 is 2. The summed E-state index contributed by atoms with van der Waals surface area (Å²) in [5.41, 5.74) is 3.04. The van der Waals surface area contributed by atoms with Gasteiger partial charge in [0.25, 0.3) is 0 Å². The van der Waals surface area contributed by atoms with Crippen LogP contribution in [-0.4, -0.2) is 32.3 Å². The van der Waals surface area contributed by atoms with Gasteiger partial charge in [-0.25, -0.2) is 0 Å². The van der Waals surface area contributed by atoms with Crippen molar-refractivity contribution < 1.29 is 9.47 Å². The third kappa shape index (κ3) is 3.27. The molecule has 4 nitrogen and oxygen atoms in total. The summed E-state index contributed by atoms with van der Waals surface area (Å²) in [4.78, 5) is 6.77. The van der Waals surface area contributed by atoms with Crippen LogP contribution in [0.25, 0.3) is 11.3 Å². The molecular formula is C17H22N2O2. The number of ether oxygens (including phenoxy) is 2. The lowest BCUT2D eigenvalue weighted by Gasteiger charge is -2.21. The van der Waals surface area contributed by atoms with Gasteiger partial charge in [0.1, 0.15) is 11.5 Å². The van der Waals surface area contributed by atoms with E-state index in [1.807, 2.05) is 30.5 Å². The molecule has 2 aromatic rings. The Morgan fingerprint density at radius 1 is 1.00 bits per heavy atom. The molecule has 0 aliphatic rings. The maximum atomic E-state index is 5.46. The van der Waals surface area contributed by atoms with E-state index in [2.05, 4.69) is 29.8 Å². The van der Waals surface area contributed by atoms with E-state index in [0.717, 1.165) is 35.8 Å². The molecule has 0 aliphatic heterocycles. The SMILES string of the molecule is CCN(CC)c1ccnc(-c2ccc(OC)cc2OC)c1. The second kappa shape index (κ2) is 6.97. The van der Waals surface area contributed by atoms with Gasteiger partial charge in [0.2, 0.25) is 0 Å². The van der Waals surface area contributed by atoms with Crippen LogP contribution in [0.5, 0.6) is 11.5 Å². The first kappa shape index (κ1) is 15.2. The molecule has 0 atom stereocenters. The highest BCUT2D eigenvalue weighted by molar-refractivity contribution is 5.71. The van der Waals surface area contributed by atoms with E-state index in [9.17, 15) is 0 Å². The third-order valence-electron chi connectivity index (χ3n) is 3.56. The predicted octanol–water partition coefficient (Wildman–Crippen LogP) is 3.61. The van der Waals surface area contributed by atoms with E-state index >= 15 is 0 Å². The van der Waals surface area contributed by atoms with Crippen LogP contribution in [0.15, 0.2) is 36.5 Å². The Morgan fingerprint density at radius 3 is 2.38 bits per heavy atom. The topological polar surface area (TPSA) is 34.6 Å². The molecule has 0 amide bonds. The highest BCUT2D eigenvalue weighted by Gasteiger charge is 2.10. The zero-order valence-electron chi connectivity index (χ0n) is 13.1. The van der Waals surface area contributed by atoms with Crippen molar-refractivity contribution in [1.82, 2.24) is 4.98 Å². The Kier molecular flexibility index (Phi) is 5.04. The van der Waals surface area contributed by atoms with Crippen molar-refractivity contribution in [2.75, 3.05) is 32.2 Å². The molecule has 0 saturated carbocycles. The average molecular weight is 286 g/mol. The molecule has 0 spiro atoms. The van der Waals surface area contributed by atoms with E-state index in [0.29, 0.717) is 0 Å². The molecule has 4 heteroatoms. The Hall–Kier alpha value is -2.23. The summed E-state index contributed by atoms with van der Waals surface area (Å²) in [6, 6.07) is 9.90. The van der Waals surface area contributed by atoms with E-state index in [4.69, 9.17) is 9.47 Å². The summed E-state index contributed by atoms with van der Waals surface area (Å²) in [5.74, 6) is 1.54. The highest BCUT2D eigenvalue weighted by atomic mass is 16.5. The largest absolute Gasteiger partial charge is 0.497 e. The number of hydrogen-bond donors (Lipinski definition) is 0. The third-order valence-corrected chi connectivity index (χ3v) is 3.56. The minimum absolute atomic E-state index is 0.763. The summed E-state index contributed by atoms with van der Waals surface area (Å²) >= 11 is 0. The number of hydrogen-bond acceptors (Lipinski definition) is 4. The van der Waals surface area contributed by atoms with Crippen molar-refractivity contribution in [1.29, 1.82) is 0 Å². The number of benzene rings is 1. The van der Waals surface area contributed by atoms with E-state index in [-0.39, 0.29) is 0 Å². The van der Waals surface area contributed by atoms with Crippen molar-refractivity contribution >= 4 is 5.69 Å². The van der Waals surface area contributed by atoms with Crippen LogP contribution < -0.4 is 14.4 Å². The average Bonchev–Trinajstić information content (AvgIpc) is 2.55. The van der Waals surface area contributed by atoms with Crippen molar-refractivity contribution in [3.05, 3.63) is 36.5 Å². The minimum atomic E-state index is 0.763. The van der Waals surface area contributed by atoms with Crippen molar-refractivity contribution in [2.45, 2.75) is 13.8 Å². The van der Waals surface area contributed by atoms with Gasteiger partial charge in [-0.3, -0.25) is 4.98 Å². The Labute approximate surface area is 126 Å². The van der Waals surface area contributed by atoms with Gasteiger partial charge in [0, 0.05) is 36.6 Å². The Bertz CT molecular complexity index is 595. The minimum Gasteiger partial charge on any atom is -0.497 e. The number of anilines is 1. The maximum Gasteiger partial charge on any atom is 0.131 e. The van der Waals surface area contributed by atoms with Gasteiger partial charge >= 0.3 is 0 Å². The van der Waals surface area contributed by atoms with Crippen molar-refractivity contribution in [2.24, 2.45) is 0 Å². The van der Waals surface area contributed by atoms with Crippen molar-refractivity contribution in [3.63, 3.8) is 0 Å². The van der Waals surface area contributed by atoms with E-state index in [1.165, 1.54) is 5.69 Å². The summed E-state index contributed by atoms with van der Waals surface area (Å²) in [6.45, 7) is 6.24. The molecule has 0 saturated heterocycles. The van der Waals surface area contributed by atoms with Crippen LogP contribution in [0.3, 0.4) is 0 Å². The monoisotopic (exact) mass is 286 g/mol. The molecule has 1 heterocycles. The Balaban J connectivity index is 2.44. The number of rotatable bonds is 6. The quantitative estimate of drug-likeness (QED) is 0.812. The normalized spacial score (nSPS) is 10.3. The van der Waals surface area contributed by atoms with Crippen LogP contribution >= 0.6 is 0 Å². The summed E-state index contributed by atoms with van der Waals surface area (Å²) in [7, 11) is 3.31. The van der Waals surface area contributed by atoms with Crippen LogP contribution in [-0.2, 0) is 0 Å². The fraction of sp³-hybridized carbons (Fsp3) is 0.353. The fourth-order valence-corrected chi connectivity index (χ4v) is 2.36. The van der Waals surface area contributed by atoms with Gasteiger partial charge in [-0.1, -0.05) is 0 Å². The predicted molar refractivity (Wildman–Crippen MR) is 86.3 cm³/mol. The van der Waals surface area contributed by atoms with Gasteiger partial charge in [0.05, 0.1) is 19.9 Å². The zero-order chi connectivity index (χ0) is 15.2. The number of pyridine rings is 1. The first-order valence-corrected chi connectivity index (χ1v) is 7.16. The van der Waals surface area contributed by atoms with Crippen LogP contribution in [0.4, 0.5) is 5.69 Å². The smallest absolute Gasteiger partial charge is 0.131 e. The van der Waals surface area contributed by atoms with E-state index < -0.39 is 0 Å². The molecule has 0 aliphatic carbocycles. The zero-order valence-corrected chi connectivity index (χ0v) is 13.1. The molecule has 1 aromatic carbocycles. The fourth-order valence-electron chi connectivity index (χ4n) is 2.36. The standard InChI is InChI=1S/C17H22N2O2/c1-5-19(6-2)13-9-10-18-16(11-13)15-8-7-14(20-3)12-17(15)21-4/h7-12H,5-6H2,1-4H3. The molecule has 2 rings (SSSR count). The Morgan fingerprint density at radius 2 is 1.76 bits per heavy atom. The lowest BCUT2D eigenvalue weighted by atomic mass is 10.1. The summed E-state index contributed by atoms with van der Waals surface area (Å²) in [6.07, 6.45) is 1.84. The van der Waals surface area contributed by atoms with Crippen LogP contribution in [0.1, 0.15) is 13.8 Å². The molecule has 0 N–H and O–H groups in total. The van der Waals surface area contributed by atoms with Gasteiger partial charge in [0.15, 0.2) is 0 Å². The molecule has 0 radical (unpaired) electrons. The van der Waals surface area contributed by atoms with Gasteiger partial charge < -0.3 is 14.4 Å². The molecule has 21 heavy (non-hydrogen) atoms. The van der Waals surface area contributed by atoms with Crippen molar-refractivity contribution in [3.8, 4) is 22.8 Å². The summed E-state index contributed by atoms with van der Waals surface area (Å²) in [5, 5.41) is 0. The van der Waals surface area contributed by atoms with Gasteiger partial charge in [-0.15, -0.1) is 0 Å². The molecule has 112 valence electrons. The first-order valence-electron chi connectivity index (χ1n) is 7.16. The number of aromatic nitrogens is 1. The second-order valence-electron chi connectivity index (χ2n) is 4.64. The maximum absolute atomic E-state index is 5.46. The molecule has 0 unspecified atom stereocenters. The molecular weight excluding hydrogens is 264 g/mol. The van der Waals surface area contributed by atoms with Gasteiger partial charge in [-0.05, 0) is 38.1 Å². The molecule has 0 bridgehead atoms. The molecule has 1 aromatic heterocycles. The first-order chi connectivity index (χ1) is 10.2. The lowest BCUT2D eigenvalue weighted by molar-refractivity contribution is 0.395. The second-order valence-corrected chi connectivity index (χ2v) is 4.64. The highest BCUT2D eigenvalue weighted by Crippen LogP contribution is 2.33. The summed E-state index contributed by atoms with van der Waals surface area (Å²) < 4.78 is 10.7. The number of nitrogens with zero attached hydrogens (tertiary/aromatic N) is 2. The molecule has 0 fully saturated rings.